The molecule has 0 radical (unpaired) electrons. The largest absolute Gasteiger partial charge is 0.478 e. The summed E-state index contributed by atoms with van der Waals surface area (Å²) >= 11 is 5.93. The summed E-state index contributed by atoms with van der Waals surface area (Å²) in [4.78, 5) is 23.9. The molecule has 0 spiro atoms. The minimum absolute atomic E-state index is 0.0587. The van der Waals surface area contributed by atoms with Gasteiger partial charge in [0.2, 0.25) is 0 Å². The van der Waals surface area contributed by atoms with E-state index in [4.69, 9.17) is 21.1 Å². The first-order valence-electron chi connectivity index (χ1n) is 7.83. The summed E-state index contributed by atoms with van der Waals surface area (Å²) < 4.78 is 10.8. The third-order valence-electron chi connectivity index (χ3n) is 3.52. The molecule has 26 heavy (non-hydrogen) atoms. The second kappa shape index (κ2) is 8.21. The number of carbonyl (C=O) groups is 2. The van der Waals surface area contributed by atoms with Gasteiger partial charge in [-0.3, -0.25) is 4.79 Å². The number of aromatic carboxylic acids is 1. The van der Waals surface area contributed by atoms with Crippen LogP contribution in [0.3, 0.4) is 0 Å². The fraction of sp³-hybridized carbons (Fsp3) is 0.263. The lowest BCUT2D eigenvalue weighted by atomic mass is 10.1. The van der Waals surface area contributed by atoms with Crippen molar-refractivity contribution in [3.63, 3.8) is 0 Å². The van der Waals surface area contributed by atoms with Crippen molar-refractivity contribution in [3.8, 4) is 5.75 Å². The van der Waals surface area contributed by atoms with Crippen LogP contribution in [0, 0.1) is 0 Å². The van der Waals surface area contributed by atoms with Gasteiger partial charge in [-0.15, -0.1) is 0 Å². The van der Waals surface area contributed by atoms with Gasteiger partial charge in [-0.2, -0.15) is 0 Å². The zero-order valence-corrected chi connectivity index (χ0v) is 15.5. The number of carbonyl (C=O) groups excluding carboxylic acids is 1. The van der Waals surface area contributed by atoms with E-state index >= 15 is 0 Å². The summed E-state index contributed by atoms with van der Waals surface area (Å²) in [6.45, 7) is 3.45. The number of carboxylic acid groups (broad SMARTS) is 1. The highest BCUT2D eigenvalue weighted by Crippen LogP contribution is 2.24. The van der Waals surface area contributed by atoms with E-state index in [1.165, 1.54) is 19.2 Å². The van der Waals surface area contributed by atoms with E-state index in [0.717, 1.165) is 0 Å². The van der Waals surface area contributed by atoms with Crippen LogP contribution in [0.25, 0.3) is 0 Å². The van der Waals surface area contributed by atoms with Gasteiger partial charge < -0.3 is 19.9 Å². The standard InChI is InChI=1S/C19H20ClNO5/c1-19(2,26-16-6-4-5-14(20)10-16)18(24)21-15-8-12(11-25-3)7-13(9-15)17(22)23/h4-10H,11H2,1-3H3,(H,21,24)(H,22,23). The number of methoxy groups -OCH3 is 1. The number of halogens is 1. The first kappa shape index (κ1) is 19.8. The van der Waals surface area contributed by atoms with Crippen LogP contribution in [0.1, 0.15) is 29.8 Å². The SMILES string of the molecule is COCc1cc(NC(=O)C(C)(C)Oc2cccc(Cl)c2)cc(C(=O)O)c1. The Labute approximate surface area is 156 Å². The monoisotopic (exact) mass is 377 g/mol. The molecule has 0 aliphatic rings. The molecule has 7 heteroatoms. The van der Waals surface area contributed by atoms with Crippen molar-refractivity contribution in [2.75, 3.05) is 12.4 Å². The minimum Gasteiger partial charge on any atom is -0.478 e. The molecular formula is C19H20ClNO5. The van der Waals surface area contributed by atoms with Gasteiger partial charge in [0.05, 0.1) is 12.2 Å². The van der Waals surface area contributed by atoms with E-state index in [9.17, 15) is 14.7 Å². The molecule has 0 bridgehead atoms. The van der Waals surface area contributed by atoms with Crippen molar-refractivity contribution < 1.29 is 24.2 Å². The van der Waals surface area contributed by atoms with Crippen LogP contribution < -0.4 is 10.1 Å². The second-order valence-electron chi connectivity index (χ2n) is 6.18. The highest BCUT2D eigenvalue weighted by atomic mass is 35.5. The van der Waals surface area contributed by atoms with Crippen molar-refractivity contribution in [2.45, 2.75) is 26.1 Å². The Hall–Kier alpha value is -2.57. The summed E-state index contributed by atoms with van der Waals surface area (Å²) in [5.74, 6) is -1.06. The summed E-state index contributed by atoms with van der Waals surface area (Å²) in [6, 6.07) is 11.3. The number of ether oxygens (including phenoxy) is 2. The molecular weight excluding hydrogens is 358 g/mol. The maximum atomic E-state index is 12.6. The van der Waals surface area contributed by atoms with Gasteiger partial charge in [0.1, 0.15) is 5.75 Å². The van der Waals surface area contributed by atoms with E-state index < -0.39 is 17.5 Å². The van der Waals surface area contributed by atoms with Crippen LogP contribution in [0.2, 0.25) is 5.02 Å². The molecule has 0 atom stereocenters. The van der Waals surface area contributed by atoms with E-state index in [0.29, 0.717) is 22.0 Å². The molecule has 0 heterocycles. The molecule has 6 nitrogen and oxygen atoms in total. The van der Waals surface area contributed by atoms with Crippen LogP contribution >= 0.6 is 11.6 Å². The van der Waals surface area contributed by atoms with Crippen molar-refractivity contribution in [3.05, 3.63) is 58.6 Å². The highest BCUT2D eigenvalue weighted by Gasteiger charge is 2.30. The third-order valence-corrected chi connectivity index (χ3v) is 3.76. The van der Waals surface area contributed by atoms with Gasteiger partial charge in [0, 0.05) is 17.8 Å². The number of anilines is 1. The Balaban J connectivity index is 2.20. The lowest BCUT2D eigenvalue weighted by molar-refractivity contribution is -0.128. The molecule has 2 N–H and O–H groups in total. The zero-order chi connectivity index (χ0) is 19.3. The molecule has 138 valence electrons. The average molecular weight is 378 g/mol. The molecule has 1 amide bonds. The molecule has 0 aliphatic carbocycles. The summed E-state index contributed by atoms with van der Waals surface area (Å²) in [5, 5.41) is 12.4. The molecule has 2 aromatic carbocycles. The van der Waals surface area contributed by atoms with Gasteiger partial charge in [-0.05, 0) is 55.8 Å². The number of hydrogen-bond donors (Lipinski definition) is 2. The molecule has 0 unspecified atom stereocenters. The molecule has 2 aromatic rings. The van der Waals surface area contributed by atoms with Gasteiger partial charge >= 0.3 is 5.97 Å². The number of nitrogens with one attached hydrogen (secondary N) is 1. The van der Waals surface area contributed by atoms with Crippen LogP contribution in [0.15, 0.2) is 42.5 Å². The first-order valence-corrected chi connectivity index (χ1v) is 8.21. The number of benzene rings is 2. The maximum absolute atomic E-state index is 12.6. The topological polar surface area (TPSA) is 84.9 Å². The molecule has 0 saturated heterocycles. The maximum Gasteiger partial charge on any atom is 0.335 e. The first-order chi connectivity index (χ1) is 12.2. The van der Waals surface area contributed by atoms with E-state index in [1.807, 2.05) is 0 Å². The number of carboxylic acids is 1. The predicted octanol–water partition coefficient (Wildman–Crippen LogP) is 3.98. The third kappa shape index (κ3) is 5.21. The van der Waals surface area contributed by atoms with Gasteiger partial charge in [-0.25, -0.2) is 4.79 Å². The Bertz CT molecular complexity index is 819. The Morgan fingerprint density at radius 3 is 2.54 bits per heavy atom. The van der Waals surface area contributed by atoms with Crippen molar-refractivity contribution in [1.29, 1.82) is 0 Å². The van der Waals surface area contributed by atoms with E-state index in [2.05, 4.69) is 5.32 Å². The smallest absolute Gasteiger partial charge is 0.335 e. The van der Waals surface area contributed by atoms with Crippen molar-refractivity contribution >= 4 is 29.2 Å². The summed E-state index contributed by atoms with van der Waals surface area (Å²) in [7, 11) is 1.51. The van der Waals surface area contributed by atoms with Crippen LogP contribution in [0.5, 0.6) is 5.75 Å². The Morgan fingerprint density at radius 1 is 1.19 bits per heavy atom. The second-order valence-corrected chi connectivity index (χ2v) is 6.62. The predicted molar refractivity (Wildman–Crippen MR) is 98.9 cm³/mol. The van der Waals surface area contributed by atoms with E-state index in [1.54, 1.807) is 44.2 Å². The molecule has 0 aliphatic heterocycles. The fourth-order valence-corrected chi connectivity index (χ4v) is 2.47. The van der Waals surface area contributed by atoms with Crippen molar-refractivity contribution in [2.24, 2.45) is 0 Å². The fourth-order valence-electron chi connectivity index (χ4n) is 2.29. The normalized spacial score (nSPS) is 11.1. The van der Waals surface area contributed by atoms with E-state index in [-0.39, 0.29) is 12.2 Å². The molecule has 0 fully saturated rings. The Morgan fingerprint density at radius 2 is 1.92 bits per heavy atom. The molecule has 0 saturated carbocycles. The zero-order valence-electron chi connectivity index (χ0n) is 14.7. The summed E-state index contributed by atoms with van der Waals surface area (Å²) in [6.07, 6.45) is 0. The lowest BCUT2D eigenvalue weighted by Crippen LogP contribution is -2.42. The molecule has 0 aromatic heterocycles. The van der Waals surface area contributed by atoms with Crippen LogP contribution in [0.4, 0.5) is 5.69 Å². The highest BCUT2D eigenvalue weighted by molar-refractivity contribution is 6.30. The average Bonchev–Trinajstić information content (AvgIpc) is 2.54. The van der Waals surface area contributed by atoms with Crippen molar-refractivity contribution in [1.82, 2.24) is 0 Å². The molecule has 2 rings (SSSR count). The minimum atomic E-state index is -1.20. The lowest BCUT2D eigenvalue weighted by Gasteiger charge is -2.25. The Kier molecular flexibility index (Phi) is 6.23. The summed E-state index contributed by atoms with van der Waals surface area (Å²) in [5.41, 5.74) is -0.157. The van der Waals surface area contributed by atoms with Gasteiger partial charge in [0.15, 0.2) is 5.60 Å². The van der Waals surface area contributed by atoms with Crippen LogP contribution in [-0.2, 0) is 16.1 Å². The number of amides is 1. The van der Waals surface area contributed by atoms with Gasteiger partial charge in [-0.1, -0.05) is 17.7 Å². The number of rotatable bonds is 7. The quantitative estimate of drug-likeness (QED) is 0.762. The number of hydrogen-bond acceptors (Lipinski definition) is 4. The van der Waals surface area contributed by atoms with Crippen LogP contribution in [-0.4, -0.2) is 29.7 Å². The van der Waals surface area contributed by atoms with Gasteiger partial charge in [0.25, 0.3) is 5.91 Å².